The Morgan fingerprint density at radius 3 is 2.61 bits per heavy atom. The van der Waals surface area contributed by atoms with Gasteiger partial charge in [-0.05, 0) is 43.7 Å². The first kappa shape index (κ1) is 15.5. The second-order valence-corrected chi connectivity index (χ2v) is 5.14. The predicted octanol–water partition coefficient (Wildman–Crippen LogP) is 2.45. The molecule has 23 heavy (non-hydrogen) atoms. The van der Waals surface area contributed by atoms with Crippen molar-refractivity contribution in [3.05, 3.63) is 30.2 Å². The molecule has 1 amide bonds. The van der Waals surface area contributed by atoms with E-state index in [4.69, 9.17) is 0 Å². The van der Waals surface area contributed by atoms with Crippen LogP contribution in [0.3, 0.4) is 0 Å². The van der Waals surface area contributed by atoms with Crippen LogP contribution in [-0.2, 0) is 11.0 Å². The molecule has 1 atom stereocenters. The van der Waals surface area contributed by atoms with Crippen LogP contribution in [0.15, 0.2) is 28.8 Å². The van der Waals surface area contributed by atoms with E-state index in [0.717, 1.165) is 19.4 Å². The molecule has 1 aliphatic heterocycles. The Labute approximate surface area is 129 Å². The van der Waals surface area contributed by atoms with Crippen molar-refractivity contribution in [2.24, 2.45) is 0 Å². The Balaban J connectivity index is 1.69. The van der Waals surface area contributed by atoms with Crippen molar-refractivity contribution in [1.29, 1.82) is 0 Å². The first-order valence-electron chi connectivity index (χ1n) is 6.99. The number of alkyl halides is 3. The Kier molecular flexibility index (Phi) is 4.03. The molecular weight excluding hydrogens is 313 g/mol. The van der Waals surface area contributed by atoms with E-state index in [1.807, 2.05) is 0 Å². The average molecular weight is 326 g/mol. The van der Waals surface area contributed by atoms with Gasteiger partial charge in [-0.2, -0.15) is 18.2 Å². The lowest BCUT2D eigenvalue weighted by atomic mass is 10.1. The maximum absolute atomic E-state index is 12.4. The third-order valence-electron chi connectivity index (χ3n) is 3.46. The van der Waals surface area contributed by atoms with Gasteiger partial charge >= 0.3 is 12.1 Å². The molecule has 1 aliphatic rings. The number of halogens is 3. The quantitative estimate of drug-likeness (QED) is 0.905. The van der Waals surface area contributed by atoms with Crippen molar-refractivity contribution in [2.45, 2.75) is 25.1 Å². The highest BCUT2D eigenvalue weighted by atomic mass is 19.4. The first-order chi connectivity index (χ1) is 10.9. The van der Waals surface area contributed by atoms with Gasteiger partial charge in [0.25, 0.3) is 0 Å². The molecule has 0 saturated carbocycles. The van der Waals surface area contributed by atoms with Gasteiger partial charge < -0.3 is 15.2 Å². The van der Waals surface area contributed by atoms with Crippen LogP contribution >= 0.6 is 0 Å². The lowest BCUT2D eigenvalue weighted by Gasteiger charge is -2.11. The maximum Gasteiger partial charge on any atom is 0.471 e. The summed E-state index contributed by atoms with van der Waals surface area (Å²) in [4.78, 5) is 15.3. The van der Waals surface area contributed by atoms with Crippen LogP contribution in [0.5, 0.6) is 0 Å². The van der Waals surface area contributed by atoms with E-state index in [9.17, 15) is 18.0 Å². The second-order valence-electron chi connectivity index (χ2n) is 5.14. The molecule has 2 heterocycles. The predicted molar refractivity (Wildman–Crippen MR) is 74.4 cm³/mol. The second kappa shape index (κ2) is 5.99. The summed E-state index contributed by atoms with van der Waals surface area (Å²) in [6, 6.07) is 5.98. The fourth-order valence-electron chi connectivity index (χ4n) is 2.30. The zero-order valence-electron chi connectivity index (χ0n) is 11.9. The minimum Gasteiger partial charge on any atom is -0.329 e. The molecule has 0 bridgehead atoms. The van der Waals surface area contributed by atoms with Gasteiger partial charge in [0, 0.05) is 11.3 Å². The number of rotatable bonds is 3. The summed E-state index contributed by atoms with van der Waals surface area (Å²) >= 11 is 0. The van der Waals surface area contributed by atoms with Crippen molar-refractivity contribution in [3.63, 3.8) is 0 Å². The summed E-state index contributed by atoms with van der Waals surface area (Å²) in [7, 11) is 0. The zero-order chi connectivity index (χ0) is 16.4. The van der Waals surface area contributed by atoms with Gasteiger partial charge in [0.2, 0.25) is 11.7 Å². The highest BCUT2D eigenvalue weighted by Crippen LogP contribution is 2.29. The third-order valence-corrected chi connectivity index (χ3v) is 3.46. The van der Waals surface area contributed by atoms with Gasteiger partial charge in [-0.1, -0.05) is 5.16 Å². The number of nitrogens with zero attached hydrogens (tertiary/aromatic N) is 2. The van der Waals surface area contributed by atoms with E-state index < -0.39 is 12.1 Å². The van der Waals surface area contributed by atoms with Gasteiger partial charge in [-0.3, -0.25) is 4.79 Å². The lowest BCUT2D eigenvalue weighted by Crippen LogP contribution is -2.35. The Morgan fingerprint density at radius 2 is 2.04 bits per heavy atom. The standard InChI is InChI=1S/C14H13F3N4O2/c15-14(16,17)13-20-11(21-23-13)8-3-5-9(6-4-8)19-12(22)10-2-1-7-18-10/h3-6,10,18H,1-2,7H2,(H,19,22). The number of carbonyl (C=O) groups excluding carboxylic acids is 1. The van der Waals surface area contributed by atoms with Gasteiger partial charge in [0.15, 0.2) is 0 Å². The van der Waals surface area contributed by atoms with Crippen molar-refractivity contribution >= 4 is 11.6 Å². The zero-order valence-corrected chi connectivity index (χ0v) is 11.9. The first-order valence-corrected chi connectivity index (χ1v) is 6.99. The number of anilines is 1. The molecule has 1 saturated heterocycles. The largest absolute Gasteiger partial charge is 0.471 e. The number of amides is 1. The van der Waals surface area contributed by atoms with Gasteiger partial charge in [-0.25, -0.2) is 0 Å². The monoisotopic (exact) mass is 326 g/mol. The van der Waals surface area contributed by atoms with E-state index in [1.165, 1.54) is 12.1 Å². The molecule has 1 aromatic heterocycles. The molecule has 1 aromatic carbocycles. The molecule has 6 nitrogen and oxygen atoms in total. The number of aromatic nitrogens is 2. The molecule has 9 heteroatoms. The molecule has 2 aromatic rings. The molecule has 3 rings (SSSR count). The van der Waals surface area contributed by atoms with Crippen LogP contribution in [0.25, 0.3) is 11.4 Å². The smallest absolute Gasteiger partial charge is 0.329 e. The summed E-state index contributed by atoms with van der Waals surface area (Å²) < 4.78 is 41.4. The van der Waals surface area contributed by atoms with E-state index in [-0.39, 0.29) is 17.8 Å². The third kappa shape index (κ3) is 3.50. The van der Waals surface area contributed by atoms with Crippen molar-refractivity contribution in [3.8, 4) is 11.4 Å². The van der Waals surface area contributed by atoms with E-state index in [1.54, 1.807) is 12.1 Å². The van der Waals surface area contributed by atoms with Crippen LogP contribution in [0.4, 0.5) is 18.9 Å². The topological polar surface area (TPSA) is 80.1 Å². The molecule has 2 N–H and O–H groups in total. The molecule has 0 aliphatic carbocycles. The summed E-state index contributed by atoms with van der Waals surface area (Å²) in [5.41, 5.74) is 0.910. The average Bonchev–Trinajstić information content (AvgIpc) is 3.19. The molecular formula is C14H13F3N4O2. The van der Waals surface area contributed by atoms with E-state index >= 15 is 0 Å². The summed E-state index contributed by atoms with van der Waals surface area (Å²) in [6.07, 6.45) is -2.93. The van der Waals surface area contributed by atoms with E-state index in [0.29, 0.717) is 11.3 Å². The van der Waals surface area contributed by atoms with Crippen LogP contribution in [0, 0.1) is 0 Å². The number of hydrogen-bond acceptors (Lipinski definition) is 5. The van der Waals surface area contributed by atoms with Crippen LogP contribution < -0.4 is 10.6 Å². The SMILES string of the molecule is O=C(Nc1ccc(-c2noc(C(F)(F)F)n2)cc1)C1CCCN1. The lowest BCUT2D eigenvalue weighted by molar-refractivity contribution is -0.159. The van der Waals surface area contributed by atoms with Crippen LogP contribution in [0.1, 0.15) is 18.7 Å². The highest BCUT2D eigenvalue weighted by molar-refractivity contribution is 5.95. The maximum atomic E-state index is 12.4. The normalized spacial score (nSPS) is 18.1. The number of benzene rings is 1. The number of carbonyl (C=O) groups is 1. The summed E-state index contributed by atoms with van der Waals surface area (Å²) in [5, 5.41) is 9.13. The fourth-order valence-corrected chi connectivity index (χ4v) is 2.30. The molecule has 0 spiro atoms. The van der Waals surface area contributed by atoms with Crippen molar-refractivity contribution in [1.82, 2.24) is 15.5 Å². The van der Waals surface area contributed by atoms with E-state index in [2.05, 4.69) is 25.3 Å². The van der Waals surface area contributed by atoms with Gasteiger partial charge in [-0.15, -0.1) is 0 Å². The van der Waals surface area contributed by atoms with Gasteiger partial charge in [0.05, 0.1) is 6.04 Å². The van der Waals surface area contributed by atoms with Crippen LogP contribution in [0.2, 0.25) is 0 Å². The minimum absolute atomic E-state index is 0.130. The Morgan fingerprint density at radius 1 is 1.30 bits per heavy atom. The highest BCUT2D eigenvalue weighted by Gasteiger charge is 2.38. The molecule has 122 valence electrons. The fraction of sp³-hybridized carbons (Fsp3) is 0.357. The molecule has 1 unspecified atom stereocenters. The summed E-state index contributed by atoms with van der Waals surface area (Å²) in [5.74, 6) is -1.68. The molecule has 0 radical (unpaired) electrons. The molecule has 1 fully saturated rings. The van der Waals surface area contributed by atoms with Crippen molar-refractivity contribution in [2.75, 3.05) is 11.9 Å². The Bertz CT molecular complexity index is 691. The number of nitrogens with one attached hydrogen (secondary N) is 2. The van der Waals surface area contributed by atoms with Crippen molar-refractivity contribution < 1.29 is 22.5 Å². The number of hydrogen-bond donors (Lipinski definition) is 2. The van der Waals surface area contributed by atoms with Crippen LogP contribution in [-0.4, -0.2) is 28.6 Å². The van der Waals surface area contributed by atoms with Gasteiger partial charge in [0.1, 0.15) is 0 Å². The minimum atomic E-state index is -4.67. The Hall–Kier alpha value is -2.42. The summed E-state index contributed by atoms with van der Waals surface area (Å²) in [6.45, 7) is 0.816.